The molecule has 0 spiro atoms. The fourth-order valence-electron chi connectivity index (χ4n) is 6.27. The number of allylic oxidation sites excluding steroid dienone is 4. The predicted octanol–water partition coefficient (Wildman–Crippen LogP) is 8.09. The molecule has 1 heterocycles. The summed E-state index contributed by atoms with van der Waals surface area (Å²) in [6.07, 6.45) is 2.24. The Kier molecular flexibility index (Phi) is 7.94. The second-order valence-corrected chi connectivity index (χ2v) is 14.5. The van der Waals surface area contributed by atoms with Gasteiger partial charge in [-0.05, 0) is 60.1 Å². The molecule has 6 nitrogen and oxygen atoms in total. The van der Waals surface area contributed by atoms with Crippen molar-refractivity contribution in [3.05, 3.63) is 79.0 Å². The van der Waals surface area contributed by atoms with Crippen LogP contribution in [0, 0.1) is 10.8 Å². The van der Waals surface area contributed by atoms with E-state index in [1.54, 1.807) is 24.3 Å². The number of nitrogens with zero attached hydrogens (tertiary/aromatic N) is 1. The minimum atomic E-state index is -0.575. The van der Waals surface area contributed by atoms with Crippen molar-refractivity contribution in [2.45, 2.75) is 59.3 Å². The topological polar surface area (TPSA) is 75.7 Å². The fourth-order valence-corrected chi connectivity index (χ4v) is 6.94. The van der Waals surface area contributed by atoms with Crippen molar-refractivity contribution in [1.29, 1.82) is 0 Å². The second-order valence-electron chi connectivity index (χ2n) is 12.7. The smallest absolute Gasteiger partial charge is 0.262 e. The molecular weight excluding hydrogens is 627 g/mol. The van der Waals surface area contributed by atoms with E-state index in [1.165, 1.54) is 0 Å². The summed E-state index contributed by atoms with van der Waals surface area (Å²) in [5, 5.41) is 3.49. The van der Waals surface area contributed by atoms with Crippen molar-refractivity contribution in [3.63, 3.8) is 0 Å². The lowest BCUT2D eigenvalue weighted by molar-refractivity contribution is -0.120. The summed E-state index contributed by atoms with van der Waals surface area (Å²) in [7, 11) is 1.98. The fraction of sp³-hybridized carbons (Fsp3) is 0.406. The molecule has 0 bridgehead atoms. The van der Waals surface area contributed by atoms with Gasteiger partial charge in [0.2, 0.25) is 0 Å². The van der Waals surface area contributed by atoms with E-state index in [2.05, 4.69) is 53.8 Å². The number of Topliss-reactive ketones (excluding diaryl/α,β-unsaturated/α-hetero) is 2. The first-order chi connectivity index (χ1) is 19.2. The number of ether oxygens (including phenoxy) is 1. The van der Waals surface area contributed by atoms with Gasteiger partial charge in [0, 0.05) is 64.1 Å². The Labute approximate surface area is 259 Å². The second kappa shape index (κ2) is 10.9. The van der Waals surface area contributed by atoms with E-state index in [0.29, 0.717) is 51.0 Å². The summed E-state index contributed by atoms with van der Waals surface area (Å²) in [5.74, 6) is -0.428. The Morgan fingerprint density at radius 2 is 1.51 bits per heavy atom. The number of halogens is 3. The molecule has 0 aromatic heterocycles. The zero-order chi connectivity index (χ0) is 29.9. The third-order valence-electron chi connectivity index (χ3n) is 8.02. The van der Waals surface area contributed by atoms with Gasteiger partial charge in [-0.3, -0.25) is 14.4 Å². The lowest BCUT2D eigenvalue weighted by atomic mass is 9.63. The highest BCUT2D eigenvalue weighted by atomic mass is 79.9. The first kappa shape index (κ1) is 29.9. The summed E-state index contributed by atoms with van der Waals surface area (Å²) in [6, 6.07) is 10.3. The first-order valence-corrected chi connectivity index (χ1v) is 15.1. The monoisotopic (exact) mass is 658 g/mol. The highest BCUT2D eigenvalue weighted by Gasteiger charge is 2.48. The molecule has 2 aliphatic carbocycles. The molecule has 0 radical (unpaired) electrons. The highest BCUT2D eigenvalue weighted by molar-refractivity contribution is 9.10. The average Bonchev–Trinajstić information content (AvgIpc) is 2.85. The van der Waals surface area contributed by atoms with Crippen LogP contribution in [0.1, 0.15) is 64.9 Å². The summed E-state index contributed by atoms with van der Waals surface area (Å²) < 4.78 is 6.89. The van der Waals surface area contributed by atoms with Crippen molar-refractivity contribution in [2.75, 3.05) is 19.0 Å². The minimum absolute atomic E-state index is 0.0422. The molecule has 9 heteroatoms. The molecule has 0 atom stereocenters. The molecule has 5 rings (SSSR count). The van der Waals surface area contributed by atoms with Gasteiger partial charge >= 0.3 is 0 Å². The molecule has 41 heavy (non-hydrogen) atoms. The van der Waals surface area contributed by atoms with Gasteiger partial charge in [0.1, 0.15) is 5.75 Å². The Bertz CT molecular complexity index is 1490. The molecule has 216 valence electrons. The van der Waals surface area contributed by atoms with Gasteiger partial charge in [0.15, 0.2) is 18.2 Å². The molecule has 2 aromatic rings. The van der Waals surface area contributed by atoms with Crippen LogP contribution in [0.15, 0.2) is 63.4 Å². The quantitative estimate of drug-likeness (QED) is 0.351. The number of hydrogen-bond donors (Lipinski definition) is 1. The van der Waals surface area contributed by atoms with Gasteiger partial charge in [0.25, 0.3) is 5.91 Å². The van der Waals surface area contributed by atoms with Crippen molar-refractivity contribution in [3.8, 4) is 5.75 Å². The van der Waals surface area contributed by atoms with Gasteiger partial charge in [-0.1, -0.05) is 66.8 Å². The lowest BCUT2D eigenvalue weighted by Gasteiger charge is -2.48. The average molecular weight is 660 g/mol. The molecule has 0 fully saturated rings. The van der Waals surface area contributed by atoms with Crippen molar-refractivity contribution in [2.24, 2.45) is 10.8 Å². The molecule has 2 aromatic carbocycles. The van der Waals surface area contributed by atoms with Crippen LogP contribution in [0.25, 0.3) is 0 Å². The predicted molar refractivity (Wildman–Crippen MR) is 165 cm³/mol. The molecule has 3 aliphatic rings. The molecule has 0 saturated carbocycles. The zero-order valence-corrected chi connectivity index (χ0v) is 26.9. The number of amides is 1. The van der Waals surface area contributed by atoms with Crippen LogP contribution in [0.2, 0.25) is 10.0 Å². The van der Waals surface area contributed by atoms with E-state index in [-0.39, 0.29) is 34.9 Å². The normalized spacial score (nSPS) is 20.1. The summed E-state index contributed by atoms with van der Waals surface area (Å²) in [6.45, 7) is 8.16. The third-order valence-corrected chi connectivity index (χ3v) is 9.26. The van der Waals surface area contributed by atoms with E-state index < -0.39 is 5.92 Å². The van der Waals surface area contributed by atoms with E-state index in [4.69, 9.17) is 27.9 Å². The highest BCUT2D eigenvalue weighted by Crippen LogP contribution is 2.55. The van der Waals surface area contributed by atoms with E-state index >= 15 is 0 Å². The number of anilines is 1. The number of ketones is 2. The number of hydrogen-bond acceptors (Lipinski definition) is 5. The van der Waals surface area contributed by atoms with Crippen molar-refractivity contribution in [1.82, 2.24) is 4.90 Å². The van der Waals surface area contributed by atoms with Crippen LogP contribution < -0.4 is 10.1 Å². The molecule has 1 N–H and O–H groups in total. The maximum absolute atomic E-state index is 13.8. The van der Waals surface area contributed by atoms with Gasteiger partial charge in [-0.15, -0.1) is 0 Å². The van der Waals surface area contributed by atoms with Crippen LogP contribution in [0.4, 0.5) is 5.69 Å². The largest absolute Gasteiger partial charge is 0.483 e. The van der Waals surface area contributed by atoms with Crippen LogP contribution >= 0.6 is 39.1 Å². The van der Waals surface area contributed by atoms with Crippen molar-refractivity contribution < 1.29 is 19.1 Å². The van der Waals surface area contributed by atoms with Gasteiger partial charge in [-0.2, -0.15) is 0 Å². The summed E-state index contributed by atoms with van der Waals surface area (Å²) >= 11 is 15.7. The Morgan fingerprint density at radius 1 is 0.927 bits per heavy atom. The number of carbonyl (C=O) groups excluding carboxylic acids is 3. The Balaban J connectivity index is 1.55. The van der Waals surface area contributed by atoms with Crippen LogP contribution in [0.5, 0.6) is 5.75 Å². The minimum Gasteiger partial charge on any atom is -0.483 e. The van der Waals surface area contributed by atoms with E-state index in [0.717, 1.165) is 28.7 Å². The number of rotatable bonds is 5. The number of nitrogens with one attached hydrogen (secondary N) is 1. The maximum Gasteiger partial charge on any atom is 0.262 e. The van der Waals surface area contributed by atoms with Gasteiger partial charge < -0.3 is 15.0 Å². The van der Waals surface area contributed by atoms with Gasteiger partial charge in [-0.25, -0.2) is 0 Å². The summed E-state index contributed by atoms with van der Waals surface area (Å²) in [5.41, 5.74) is 4.03. The zero-order valence-electron chi connectivity index (χ0n) is 23.8. The van der Waals surface area contributed by atoms with Crippen LogP contribution in [-0.4, -0.2) is 36.0 Å². The van der Waals surface area contributed by atoms with E-state index in [1.807, 2.05) is 19.2 Å². The van der Waals surface area contributed by atoms with Gasteiger partial charge in [0.05, 0.1) is 10.0 Å². The first-order valence-electron chi connectivity index (χ1n) is 13.6. The SMILES string of the molecule is CN1C2=C(C(=O)CC(C)(C)C2)C(c2cc(Br)ccc2OCC(=O)Nc2ccc(Cl)c(Cl)c2)C2=C1CC(C)(C)CC2=O. The van der Waals surface area contributed by atoms with Crippen LogP contribution in [-0.2, 0) is 14.4 Å². The molecule has 1 amide bonds. The van der Waals surface area contributed by atoms with Crippen LogP contribution in [0.3, 0.4) is 0 Å². The molecular formula is C32H33BrCl2N2O4. The standard InChI is InChI=1S/C32H33BrCl2N2O4/c1-31(2)12-22-29(24(38)14-31)28(30-23(37(22)5)13-32(3,4)15-25(30)39)19-10-17(33)6-9-26(19)41-16-27(40)36-18-7-8-20(34)21(35)11-18/h6-11,28H,12-16H2,1-5H3,(H,36,40). The Morgan fingerprint density at radius 3 is 2.07 bits per heavy atom. The molecule has 1 aliphatic heterocycles. The summed E-state index contributed by atoms with van der Waals surface area (Å²) in [4.78, 5) is 42.6. The van der Waals surface area contributed by atoms with E-state index in [9.17, 15) is 14.4 Å². The lowest BCUT2D eigenvalue weighted by Crippen LogP contribution is -2.43. The maximum atomic E-state index is 13.8. The molecule has 0 saturated heterocycles. The van der Waals surface area contributed by atoms with Crippen molar-refractivity contribution >= 4 is 62.3 Å². The molecule has 0 unspecified atom stereocenters. The third kappa shape index (κ3) is 5.99. The number of benzene rings is 2. The Hall–Kier alpha value is -2.61. The number of carbonyl (C=O) groups is 3.